The summed E-state index contributed by atoms with van der Waals surface area (Å²) < 4.78 is 11.1. The third kappa shape index (κ3) is 4.22. The van der Waals surface area contributed by atoms with Gasteiger partial charge in [0.25, 0.3) is 0 Å². The lowest BCUT2D eigenvalue weighted by atomic mass is 9.85. The monoisotopic (exact) mass is 278 g/mol. The molecule has 0 bridgehead atoms. The first kappa shape index (κ1) is 15.3. The quantitative estimate of drug-likeness (QED) is 0.862. The van der Waals surface area contributed by atoms with Crippen LogP contribution in [0.5, 0.6) is 5.75 Å². The van der Waals surface area contributed by atoms with E-state index >= 15 is 0 Å². The van der Waals surface area contributed by atoms with E-state index in [4.69, 9.17) is 9.47 Å². The van der Waals surface area contributed by atoms with Crippen LogP contribution in [0, 0.1) is 5.92 Å². The van der Waals surface area contributed by atoms with Crippen molar-refractivity contribution in [1.82, 2.24) is 0 Å². The lowest BCUT2D eigenvalue weighted by molar-refractivity contribution is -0.0340. The molecule has 3 nitrogen and oxygen atoms in total. The van der Waals surface area contributed by atoms with Crippen LogP contribution < -0.4 is 4.74 Å². The number of hydrogen-bond acceptors (Lipinski definition) is 3. The number of aliphatic hydroxyl groups is 1. The molecule has 1 aliphatic rings. The molecule has 1 saturated carbocycles. The first-order valence-corrected chi connectivity index (χ1v) is 7.66. The first-order valence-electron chi connectivity index (χ1n) is 7.66. The molecule has 0 heterocycles. The van der Waals surface area contributed by atoms with Crippen molar-refractivity contribution in [3.05, 3.63) is 29.8 Å². The molecular weight excluding hydrogens is 252 g/mol. The molecule has 3 atom stereocenters. The van der Waals surface area contributed by atoms with Crippen LogP contribution in [0.25, 0.3) is 0 Å². The second-order valence-corrected chi connectivity index (χ2v) is 5.69. The molecule has 112 valence electrons. The zero-order valence-electron chi connectivity index (χ0n) is 12.5. The summed E-state index contributed by atoms with van der Waals surface area (Å²) in [5, 5.41) is 10.2. The molecule has 0 aromatic heterocycles. The number of rotatable bonds is 6. The molecular formula is C17H26O3. The average Bonchev–Trinajstić information content (AvgIpc) is 2.52. The molecule has 1 aromatic carbocycles. The highest BCUT2D eigenvalue weighted by Gasteiger charge is 2.22. The van der Waals surface area contributed by atoms with Gasteiger partial charge < -0.3 is 14.6 Å². The van der Waals surface area contributed by atoms with Gasteiger partial charge in [-0.05, 0) is 36.5 Å². The van der Waals surface area contributed by atoms with Gasteiger partial charge in [-0.15, -0.1) is 0 Å². The minimum Gasteiger partial charge on any atom is -0.497 e. The van der Waals surface area contributed by atoms with Gasteiger partial charge in [0, 0.05) is 0 Å². The Morgan fingerprint density at radius 2 is 2.20 bits per heavy atom. The van der Waals surface area contributed by atoms with E-state index in [9.17, 15) is 5.11 Å². The lowest BCUT2D eigenvalue weighted by Crippen LogP contribution is -2.24. The fourth-order valence-corrected chi connectivity index (χ4v) is 2.94. The van der Waals surface area contributed by atoms with Crippen molar-refractivity contribution in [1.29, 1.82) is 0 Å². The molecule has 0 radical (unpaired) electrons. The fourth-order valence-electron chi connectivity index (χ4n) is 2.94. The van der Waals surface area contributed by atoms with Gasteiger partial charge in [0.05, 0.1) is 19.8 Å². The molecule has 0 amide bonds. The Kier molecular flexibility index (Phi) is 5.86. The molecule has 1 N–H and O–H groups in total. The molecule has 20 heavy (non-hydrogen) atoms. The Balaban J connectivity index is 1.83. The van der Waals surface area contributed by atoms with Crippen molar-refractivity contribution in [2.45, 2.75) is 51.2 Å². The van der Waals surface area contributed by atoms with Crippen LogP contribution in [-0.2, 0) is 4.74 Å². The molecule has 0 aliphatic heterocycles. The van der Waals surface area contributed by atoms with E-state index in [2.05, 4.69) is 6.92 Å². The van der Waals surface area contributed by atoms with Crippen molar-refractivity contribution in [2.75, 3.05) is 13.7 Å². The number of ether oxygens (including phenoxy) is 2. The van der Waals surface area contributed by atoms with E-state index in [1.807, 2.05) is 24.3 Å². The number of methoxy groups -OCH3 is 1. The normalized spacial score (nSPS) is 24.4. The summed E-state index contributed by atoms with van der Waals surface area (Å²) in [6.45, 7) is 2.62. The molecule has 0 saturated heterocycles. The van der Waals surface area contributed by atoms with Gasteiger partial charge in [-0.25, -0.2) is 0 Å². The average molecular weight is 278 g/mol. The summed E-state index contributed by atoms with van der Waals surface area (Å²) in [5.74, 6) is 1.56. The Morgan fingerprint density at radius 1 is 1.35 bits per heavy atom. The molecule has 0 spiro atoms. The standard InChI is InChI=1S/C17H26O3/c1-3-13-6-4-9-16(10-13)20-12-17(18)14-7-5-8-15(11-14)19-2/h5,7-8,11,13,16-18H,3-4,6,9-10,12H2,1-2H3. The highest BCUT2D eigenvalue weighted by molar-refractivity contribution is 5.29. The predicted octanol–water partition coefficient (Wildman–Crippen LogP) is 3.71. The maximum Gasteiger partial charge on any atom is 0.119 e. The highest BCUT2D eigenvalue weighted by atomic mass is 16.5. The molecule has 3 heteroatoms. The van der Waals surface area contributed by atoms with Crippen molar-refractivity contribution < 1.29 is 14.6 Å². The molecule has 3 unspecified atom stereocenters. The van der Waals surface area contributed by atoms with E-state index in [0.29, 0.717) is 12.7 Å². The topological polar surface area (TPSA) is 38.7 Å². The second-order valence-electron chi connectivity index (χ2n) is 5.69. The van der Waals surface area contributed by atoms with E-state index in [1.54, 1.807) is 7.11 Å². The molecule has 1 aliphatic carbocycles. The summed E-state index contributed by atoms with van der Waals surface area (Å²) in [5.41, 5.74) is 0.854. The van der Waals surface area contributed by atoms with Crippen LogP contribution in [0.3, 0.4) is 0 Å². The Morgan fingerprint density at radius 3 is 2.95 bits per heavy atom. The first-order chi connectivity index (χ1) is 9.72. The van der Waals surface area contributed by atoms with Crippen LogP contribution in [0.15, 0.2) is 24.3 Å². The molecule has 2 rings (SSSR count). The maximum atomic E-state index is 10.2. The Bertz CT molecular complexity index is 405. The number of benzene rings is 1. The van der Waals surface area contributed by atoms with Crippen LogP contribution >= 0.6 is 0 Å². The zero-order valence-corrected chi connectivity index (χ0v) is 12.5. The second kappa shape index (κ2) is 7.65. The summed E-state index contributed by atoms with van der Waals surface area (Å²) in [6.07, 6.45) is 5.81. The van der Waals surface area contributed by atoms with Gasteiger partial charge in [0.15, 0.2) is 0 Å². The van der Waals surface area contributed by atoms with E-state index in [1.165, 1.54) is 19.3 Å². The highest BCUT2D eigenvalue weighted by Crippen LogP contribution is 2.29. The van der Waals surface area contributed by atoms with E-state index in [-0.39, 0.29) is 0 Å². The number of aliphatic hydroxyl groups excluding tert-OH is 1. The van der Waals surface area contributed by atoms with Crippen LogP contribution in [0.4, 0.5) is 0 Å². The fraction of sp³-hybridized carbons (Fsp3) is 0.647. The van der Waals surface area contributed by atoms with Gasteiger partial charge in [-0.2, -0.15) is 0 Å². The van der Waals surface area contributed by atoms with E-state index in [0.717, 1.165) is 30.1 Å². The van der Waals surface area contributed by atoms with Gasteiger partial charge in [0.2, 0.25) is 0 Å². The van der Waals surface area contributed by atoms with Gasteiger partial charge in [0.1, 0.15) is 11.9 Å². The SMILES string of the molecule is CCC1CCCC(OCC(O)c2cccc(OC)c2)C1. The van der Waals surface area contributed by atoms with Crippen LogP contribution in [0.2, 0.25) is 0 Å². The smallest absolute Gasteiger partial charge is 0.119 e. The van der Waals surface area contributed by atoms with Gasteiger partial charge >= 0.3 is 0 Å². The summed E-state index contributed by atoms with van der Waals surface area (Å²) in [7, 11) is 1.63. The summed E-state index contributed by atoms with van der Waals surface area (Å²) in [4.78, 5) is 0. The summed E-state index contributed by atoms with van der Waals surface area (Å²) in [6, 6.07) is 7.55. The van der Waals surface area contributed by atoms with Gasteiger partial charge in [-0.1, -0.05) is 38.3 Å². The van der Waals surface area contributed by atoms with Crippen molar-refractivity contribution >= 4 is 0 Å². The third-order valence-electron chi connectivity index (χ3n) is 4.28. The molecule has 1 aromatic rings. The predicted molar refractivity (Wildman–Crippen MR) is 79.9 cm³/mol. The van der Waals surface area contributed by atoms with Crippen molar-refractivity contribution in [3.8, 4) is 5.75 Å². The Labute approximate surface area is 121 Å². The van der Waals surface area contributed by atoms with Gasteiger partial charge in [-0.3, -0.25) is 0 Å². The maximum absolute atomic E-state index is 10.2. The van der Waals surface area contributed by atoms with Crippen LogP contribution in [-0.4, -0.2) is 24.9 Å². The van der Waals surface area contributed by atoms with E-state index < -0.39 is 6.10 Å². The van der Waals surface area contributed by atoms with Crippen molar-refractivity contribution in [2.24, 2.45) is 5.92 Å². The largest absolute Gasteiger partial charge is 0.497 e. The summed E-state index contributed by atoms with van der Waals surface area (Å²) >= 11 is 0. The third-order valence-corrected chi connectivity index (χ3v) is 4.28. The lowest BCUT2D eigenvalue weighted by Gasteiger charge is -2.29. The zero-order chi connectivity index (χ0) is 14.4. The van der Waals surface area contributed by atoms with Crippen LogP contribution in [0.1, 0.15) is 50.7 Å². The Hall–Kier alpha value is -1.06. The minimum atomic E-state index is -0.577. The minimum absolute atomic E-state index is 0.314. The molecule has 1 fully saturated rings. The van der Waals surface area contributed by atoms with Crippen molar-refractivity contribution in [3.63, 3.8) is 0 Å². The number of hydrogen-bond donors (Lipinski definition) is 1.